The highest BCUT2D eigenvalue weighted by atomic mass is 79.9. The smallest absolute Gasteiger partial charge is 0.297 e. The Bertz CT molecular complexity index is 2110. The topological polar surface area (TPSA) is 134 Å². The predicted molar refractivity (Wildman–Crippen MR) is 276 cm³/mol. The number of aryl methyl sites for hydroxylation is 1. The predicted octanol–water partition coefficient (Wildman–Crippen LogP) is 11.5. The van der Waals surface area contributed by atoms with Crippen molar-refractivity contribution >= 4 is 40.1 Å². The lowest BCUT2D eigenvalue weighted by atomic mass is 9.78. The van der Waals surface area contributed by atoms with Crippen LogP contribution in [0.2, 0.25) is 18.1 Å². The van der Waals surface area contributed by atoms with Crippen LogP contribution in [0, 0.1) is 30.6 Å². The molecule has 0 amide bonds. The summed E-state index contributed by atoms with van der Waals surface area (Å²) in [7, 11) is -5.96. The van der Waals surface area contributed by atoms with Crippen molar-refractivity contribution in [3.05, 3.63) is 53.0 Å². The van der Waals surface area contributed by atoms with Crippen LogP contribution in [0.15, 0.2) is 52.4 Å². The molecule has 9 rings (SSSR count). The molecule has 70 heavy (non-hydrogen) atoms. The van der Waals surface area contributed by atoms with Gasteiger partial charge < -0.3 is 37.6 Å². The summed E-state index contributed by atoms with van der Waals surface area (Å²) in [6.07, 6.45) is 6.11. The lowest BCUT2D eigenvalue weighted by Gasteiger charge is -2.47. The van der Waals surface area contributed by atoms with Gasteiger partial charge in [0.15, 0.2) is 14.1 Å². The number of hydrogen-bond acceptors (Lipinski definition) is 12. The van der Waals surface area contributed by atoms with E-state index in [1.165, 1.54) is 0 Å². The number of ketones is 1. The van der Waals surface area contributed by atoms with E-state index in [4.69, 9.17) is 41.8 Å². The molecule has 8 aliphatic rings. The van der Waals surface area contributed by atoms with Crippen molar-refractivity contribution in [3.63, 3.8) is 0 Å². The summed E-state index contributed by atoms with van der Waals surface area (Å²) in [6.45, 7) is 31.7. The summed E-state index contributed by atoms with van der Waals surface area (Å²) in [6, 6.07) is 6.64. The fourth-order valence-corrected chi connectivity index (χ4v) is 14.8. The number of ether oxygens (including phenoxy) is 7. The Morgan fingerprint density at radius 2 is 1.63 bits per heavy atom. The van der Waals surface area contributed by atoms with Crippen LogP contribution in [0.4, 0.5) is 0 Å². The second-order valence-electron chi connectivity index (χ2n) is 24.0. The molecule has 18 atom stereocenters. The molecule has 12 nitrogen and oxygen atoms in total. The highest BCUT2D eigenvalue weighted by Crippen LogP contribution is 2.54. The van der Waals surface area contributed by atoms with Crippen molar-refractivity contribution in [2.24, 2.45) is 23.7 Å². The summed E-state index contributed by atoms with van der Waals surface area (Å²) in [5, 5.41) is 0.137. The van der Waals surface area contributed by atoms with E-state index in [2.05, 4.69) is 90.6 Å². The molecule has 0 N–H and O–H groups in total. The van der Waals surface area contributed by atoms with Crippen molar-refractivity contribution in [3.8, 4) is 0 Å². The average Bonchev–Trinajstić information content (AvgIpc) is 3.82. The van der Waals surface area contributed by atoms with Crippen molar-refractivity contribution < 1.29 is 55.0 Å². The maximum atomic E-state index is 14.5. The minimum Gasteiger partial charge on any atom is -0.417 e. The molecule has 8 fully saturated rings. The molecule has 0 radical (unpaired) electrons. The molecule has 8 heterocycles. The normalized spacial score (nSPS) is 38.1. The third kappa shape index (κ3) is 12.3. The van der Waals surface area contributed by atoms with E-state index in [9.17, 15) is 13.2 Å². The number of carbonyl (C=O) groups is 1. The third-order valence-corrected chi connectivity index (χ3v) is 23.6. The molecule has 15 heteroatoms. The zero-order valence-corrected chi connectivity index (χ0v) is 47.2. The number of fused-ring (bicyclic) bond motifs is 1. The minimum atomic E-state index is -4.05. The Hall–Kier alpha value is -1.34. The second-order valence-corrected chi connectivity index (χ2v) is 31.5. The van der Waals surface area contributed by atoms with Crippen molar-refractivity contribution in [1.82, 2.24) is 0 Å². The van der Waals surface area contributed by atoms with Gasteiger partial charge in [-0.25, -0.2) is 0 Å². The van der Waals surface area contributed by atoms with Crippen molar-refractivity contribution in [1.29, 1.82) is 0 Å². The number of unbranched alkanes of at least 4 members (excludes halogenated alkanes) is 1. The van der Waals surface area contributed by atoms with Gasteiger partial charge >= 0.3 is 0 Å². The summed E-state index contributed by atoms with van der Waals surface area (Å²) in [4.78, 5) is 14.6. The minimum absolute atomic E-state index is 0.00569. The lowest BCUT2D eigenvalue weighted by molar-refractivity contribution is -0.292. The Morgan fingerprint density at radius 3 is 2.33 bits per heavy atom. The van der Waals surface area contributed by atoms with Gasteiger partial charge in [-0.05, 0) is 109 Å². The van der Waals surface area contributed by atoms with Gasteiger partial charge in [0.05, 0.1) is 53.7 Å². The highest BCUT2D eigenvalue weighted by Gasteiger charge is 2.68. The standard InChI is InChI=1S/C55H85BrO12SSi/c1-13-14-15-39-25-34(4)36(6)46(61-39)29-47-43(37(7)45(63-47)24-33(3)31-60-70(11,12)54(8,9)10)28-38(57)27-40-18-21-44-49(62-40)53-52-51(64-44)50-48(65-52)30-55(66-50,67-53)23-22-41(26-35(5)56)68-69(58,59)42-19-16-32(2)17-20-42/h16-17,19-20,33-34,37,39-41,43-53H,5-6,13-15,18,21-31H2,1-4,7-12H3/t33-,34+,37+,39-,40+,41+,43?,44-,45+,46+,47?,48+,49-,50-,51-,52+,53?,55-/m0/s1. The van der Waals surface area contributed by atoms with E-state index in [1.807, 2.05) is 6.92 Å². The molecule has 0 aliphatic carbocycles. The molecule has 6 bridgehead atoms. The zero-order valence-electron chi connectivity index (χ0n) is 43.8. The number of carbonyl (C=O) groups excluding carboxylic acids is 1. The molecule has 0 spiro atoms. The molecule has 0 saturated carbocycles. The number of hydrogen-bond donors (Lipinski definition) is 0. The molecular formula is C55H85BrO12SSi. The lowest BCUT2D eigenvalue weighted by Crippen LogP contribution is -2.61. The van der Waals surface area contributed by atoms with Crippen molar-refractivity contribution in [2.45, 2.75) is 253 Å². The van der Waals surface area contributed by atoms with Gasteiger partial charge in [-0.2, -0.15) is 8.42 Å². The first kappa shape index (κ1) is 54.9. The summed E-state index contributed by atoms with van der Waals surface area (Å²) in [5.41, 5.74) is 2.10. The number of benzene rings is 1. The largest absolute Gasteiger partial charge is 0.417 e. The van der Waals surface area contributed by atoms with E-state index in [0.29, 0.717) is 67.9 Å². The summed E-state index contributed by atoms with van der Waals surface area (Å²) >= 11 is 3.44. The number of halogens is 1. The van der Waals surface area contributed by atoms with Gasteiger partial charge in [0.2, 0.25) is 0 Å². The Kier molecular flexibility index (Phi) is 17.3. The first-order chi connectivity index (χ1) is 32.9. The zero-order chi connectivity index (χ0) is 50.5. The Morgan fingerprint density at radius 1 is 0.929 bits per heavy atom. The summed E-state index contributed by atoms with van der Waals surface area (Å²) in [5.74, 6) is 0.0149. The number of Topliss-reactive ketones (excluding diaryl/α,β-unsaturated/α-hetero) is 1. The van der Waals surface area contributed by atoms with Crippen LogP contribution in [0.25, 0.3) is 0 Å². The van der Waals surface area contributed by atoms with Gasteiger partial charge in [0.25, 0.3) is 10.1 Å². The van der Waals surface area contributed by atoms with Crippen LogP contribution < -0.4 is 0 Å². The maximum absolute atomic E-state index is 14.5. The molecule has 1 aromatic carbocycles. The SMILES string of the molecule is C=C(Br)C[C@@H](CC[C@@]12C[C@H]3O[C@H]4C(O1)[C@H]1O[C@@H](CC(=O)CC5C(C[C@H]6O[C@@H](CCCC)C[C@@H](C)C6=C)O[C@H](C[C@H](C)CO[Si](C)(C)C(C)(C)C)[C@@H]5C)CC[C@@H]1O[C@H]4[C@H]3O2)OS(=O)(=O)c1ccc(C)cc1. The fraction of sp³-hybridized carbons (Fsp3) is 0.800. The van der Waals surface area contributed by atoms with Crippen LogP contribution in [0.1, 0.15) is 144 Å². The van der Waals surface area contributed by atoms with Crippen LogP contribution in [-0.2, 0) is 56.7 Å². The van der Waals surface area contributed by atoms with E-state index < -0.39 is 42.5 Å². The maximum Gasteiger partial charge on any atom is 0.297 e. The monoisotopic (exact) mass is 1080 g/mol. The molecule has 0 aromatic heterocycles. The van der Waals surface area contributed by atoms with E-state index in [1.54, 1.807) is 24.3 Å². The molecule has 394 valence electrons. The van der Waals surface area contributed by atoms with E-state index >= 15 is 0 Å². The van der Waals surface area contributed by atoms with Crippen LogP contribution in [0.3, 0.4) is 0 Å². The van der Waals surface area contributed by atoms with E-state index in [-0.39, 0.29) is 95.0 Å². The Balaban J connectivity index is 0.929. The van der Waals surface area contributed by atoms with Gasteiger partial charge in [-0.1, -0.05) is 108 Å². The van der Waals surface area contributed by atoms with Gasteiger partial charge in [-0.15, -0.1) is 0 Å². The van der Waals surface area contributed by atoms with Crippen molar-refractivity contribution in [2.75, 3.05) is 6.61 Å². The van der Waals surface area contributed by atoms with Crippen LogP contribution in [0.5, 0.6) is 0 Å². The quantitative estimate of drug-likeness (QED) is 0.0621. The van der Waals surface area contributed by atoms with Gasteiger partial charge in [0, 0.05) is 45.1 Å². The second kappa shape index (κ2) is 22.1. The first-order valence-electron chi connectivity index (χ1n) is 26.7. The Labute approximate surface area is 429 Å². The van der Waals surface area contributed by atoms with E-state index in [0.717, 1.165) is 49.7 Å². The fourth-order valence-electron chi connectivity index (χ4n) is 12.2. The van der Waals surface area contributed by atoms with Crippen LogP contribution >= 0.6 is 15.9 Å². The summed E-state index contributed by atoms with van der Waals surface area (Å²) < 4.78 is 88.1. The van der Waals surface area contributed by atoms with Gasteiger partial charge in [0.1, 0.15) is 36.3 Å². The van der Waals surface area contributed by atoms with Crippen LogP contribution in [-0.4, -0.2) is 114 Å². The average molecular weight is 1080 g/mol. The molecule has 8 saturated heterocycles. The van der Waals surface area contributed by atoms with Gasteiger partial charge in [-0.3, -0.25) is 8.98 Å². The molecule has 3 unspecified atom stereocenters. The third-order valence-electron chi connectivity index (χ3n) is 17.4. The number of rotatable bonds is 22. The first-order valence-corrected chi connectivity index (χ1v) is 31.9. The highest BCUT2D eigenvalue weighted by molar-refractivity contribution is 9.11. The molecule has 8 aliphatic heterocycles. The molecule has 1 aromatic rings. The molecular weight excluding hydrogens is 993 g/mol.